The standard InChI is InChI=1S/C16H22BrNO2/c1-12-7-8-13(11-15(12)19)16(20)18(10-9-17)14-5-3-2-4-6-14/h7-8,11,14,19H,2-6,9-10H2,1H3. The first-order valence-corrected chi connectivity index (χ1v) is 8.42. The summed E-state index contributed by atoms with van der Waals surface area (Å²) in [5.74, 6) is 0.227. The molecule has 3 nitrogen and oxygen atoms in total. The molecule has 0 unspecified atom stereocenters. The maximum absolute atomic E-state index is 12.7. The summed E-state index contributed by atoms with van der Waals surface area (Å²) in [7, 11) is 0. The fourth-order valence-corrected chi connectivity index (χ4v) is 3.22. The van der Waals surface area contributed by atoms with Gasteiger partial charge in [0.25, 0.3) is 5.91 Å². The molecule has 0 aromatic heterocycles. The van der Waals surface area contributed by atoms with E-state index in [-0.39, 0.29) is 11.7 Å². The van der Waals surface area contributed by atoms with E-state index in [2.05, 4.69) is 15.9 Å². The molecular weight excluding hydrogens is 318 g/mol. The van der Waals surface area contributed by atoms with Crippen LogP contribution in [0, 0.1) is 6.92 Å². The molecule has 1 aliphatic carbocycles. The number of aryl methyl sites for hydroxylation is 1. The van der Waals surface area contributed by atoms with E-state index in [0.717, 1.165) is 30.3 Å². The Kier molecular flexibility index (Phi) is 5.46. The van der Waals surface area contributed by atoms with Crippen molar-refractivity contribution in [1.29, 1.82) is 0 Å². The molecule has 1 N–H and O–H groups in total. The second kappa shape index (κ2) is 7.11. The van der Waals surface area contributed by atoms with Crippen LogP contribution < -0.4 is 0 Å². The fraction of sp³-hybridized carbons (Fsp3) is 0.562. The van der Waals surface area contributed by atoms with Gasteiger partial charge in [-0.05, 0) is 37.5 Å². The molecule has 0 saturated heterocycles. The van der Waals surface area contributed by atoms with E-state index in [1.165, 1.54) is 19.3 Å². The van der Waals surface area contributed by atoms with Gasteiger partial charge < -0.3 is 10.0 Å². The number of phenols is 1. The zero-order chi connectivity index (χ0) is 14.5. The van der Waals surface area contributed by atoms with E-state index in [4.69, 9.17) is 0 Å². The zero-order valence-corrected chi connectivity index (χ0v) is 13.5. The van der Waals surface area contributed by atoms with Crippen molar-refractivity contribution in [2.24, 2.45) is 0 Å². The number of rotatable bonds is 4. The number of nitrogens with zero attached hydrogens (tertiary/aromatic N) is 1. The predicted molar refractivity (Wildman–Crippen MR) is 84.5 cm³/mol. The molecule has 2 rings (SSSR count). The topological polar surface area (TPSA) is 40.5 Å². The van der Waals surface area contributed by atoms with Crippen molar-refractivity contribution >= 4 is 21.8 Å². The summed E-state index contributed by atoms with van der Waals surface area (Å²) < 4.78 is 0. The Morgan fingerprint density at radius 1 is 1.35 bits per heavy atom. The van der Waals surface area contributed by atoms with Gasteiger partial charge in [0, 0.05) is 23.5 Å². The number of hydrogen-bond acceptors (Lipinski definition) is 2. The zero-order valence-electron chi connectivity index (χ0n) is 11.9. The maximum Gasteiger partial charge on any atom is 0.254 e. The van der Waals surface area contributed by atoms with Crippen molar-refractivity contribution in [2.45, 2.75) is 45.1 Å². The van der Waals surface area contributed by atoms with Gasteiger partial charge in [-0.15, -0.1) is 0 Å². The quantitative estimate of drug-likeness (QED) is 0.846. The summed E-state index contributed by atoms with van der Waals surface area (Å²) in [5, 5.41) is 10.6. The van der Waals surface area contributed by atoms with Gasteiger partial charge in [-0.3, -0.25) is 4.79 Å². The van der Waals surface area contributed by atoms with Crippen LogP contribution in [0.1, 0.15) is 48.0 Å². The highest BCUT2D eigenvalue weighted by molar-refractivity contribution is 9.09. The lowest BCUT2D eigenvalue weighted by atomic mass is 9.93. The van der Waals surface area contributed by atoms with Gasteiger partial charge in [0.2, 0.25) is 0 Å². The van der Waals surface area contributed by atoms with Crippen molar-refractivity contribution in [3.8, 4) is 5.75 Å². The summed E-state index contributed by atoms with van der Waals surface area (Å²) >= 11 is 3.44. The number of aromatic hydroxyl groups is 1. The smallest absolute Gasteiger partial charge is 0.254 e. The minimum Gasteiger partial charge on any atom is -0.508 e. The van der Waals surface area contributed by atoms with Crippen LogP contribution in [0.2, 0.25) is 0 Å². The SMILES string of the molecule is Cc1ccc(C(=O)N(CCBr)C2CCCCC2)cc1O. The molecule has 1 fully saturated rings. The fourth-order valence-electron chi connectivity index (χ4n) is 2.84. The Labute approximate surface area is 129 Å². The molecule has 0 spiro atoms. The molecule has 0 atom stereocenters. The minimum absolute atomic E-state index is 0.0339. The Balaban J connectivity index is 2.18. The highest BCUT2D eigenvalue weighted by atomic mass is 79.9. The Bertz CT molecular complexity index is 470. The molecule has 1 amide bonds. The monoisotopic (exact) mass is 339 g/mol. The van der Waals surface area contributed by atoms with E-state index >= 15 is 0 Å². The van der Waals surface area contributed by atoms with Gasteiger partial charge in [0.05, 0.1) is 0 Å². The largest absolute Gasteiger partial charge is 0.508 e. The lowest BCUT2D eigenvalue weighted by Crippen LogP contribution is -2.42. The van der Waals surface area contributed by atoms with Crippen molar-refractivity contribution < 1.29 is 9.90 Å². The third kappa shape index (κ3) is 3.54. The van der Waals surface area contributed by atoms with Gasteiger partial charge in [-0.25, -0.2) is 0 Å². The second-order valence-electron chi connectivity index (χ2n) is 5.48. The third-order valence-electron chi connectivity index (χ3n) is 4.06. The molecule has 0 heterocycles. The first-order valence-electron chi connectivity index (χ1n) is 7.30. The average molecular weight is 340 g/mol. The van der Waals surface area contributed by atoms with Crippen LogP contribution >= 0.6 is 15.9 Å². The van der Waals surface area contributed by atoms with Crippen molar-refractivity contribution in [2.75, 3.05) is 11.9 Å². The lowest BCUT2D eigenvalue weighted by Gasteiger charge is -2.34. The average Bonchev–Trinajstić information content (AvgIpc) is 2.48. The molecule has 1 saturated carbocycles. The van der Waals surface area contributed by atoms with Crippen molar-refractivity contribution in [3.63, 3.8) is 0 Å². The van der Waals surface area contributed by atoms with Crippen molar-refractivity contribution in [3.05, 3.63) is 29.3 Å². The predicted octanol–water partition coefficient (Wildman–Crippen LogP) is 3.87. The Morgan fingerprint density at radius 3 is 2.65 bits per heavy atom. The third-order valence-corrected chi connectivity index (χ3v) is 4.41. The van der Waals surface area contributed by atoms with Gasteiger partial charge in [-0.2, -0.15) is 0 Å². The number of halogens is 1. The highest BCUT2D eigenvalue weighted by Gasteiger charge is 2.25. The molecule has 4 heteroatoms. The first kappa shape index (κ1) is 15.4. The molecule has 0 bridgehead atoms. The van der Waals surface area contributed by atoms with Gasteiger partial charge in [0.15, 0.2) is 0 Å². The second-order valence-corrected chi connectivity index (χ2v) is 6.27. The number of alkyl halides is 1. The molecule has 110 valence electrons. The first-order chi connectivity index (χ1) is 9.63. The summed E-state index contributed by atoms with van der Waals surface area (Å²) in [4.78, 5) is 14.7. The lowest BCUT2D eigenvalue weighted by molar-refractivity contribution is 0.0650. The van der Waals surface area contributed by atoms with E-state index in [9.17, 15) is 9.90 Å². The van der Waals surface area contributed by atoms with Gasteiger partial charge in [0.1, 0.15) is 5.75 Å². The molecule has 0 aliphatic heterocycles. The van der Waals surface area contributed by atoms with Crippen LogP contribution in [0.15, 0.2) is 18.2 Å². The van der Waals surface area contributed by atoms with Crippen LogP contribution in [-0.2, 0) is 0 Å². The van der Waals surface area contributed by atoms with Gasteiger partial charge in [-0.1, -0.05) is 41.3 Å². The number of carbonyl (C=O) groups excluding carboxylic acids is 1. The Hall–Kier alpha value is -1.03. The molecule has 0 radical (unpaired) electrons. The number of phenolic OH excluding ortho intramolecular Hbond substituents is 1. The maximum atomic E-state index is 12.7. The normalized spacial score (nSPS) is 16.1. The Morgan fingerprint density at radius 2 is 2.05 bits per heavy atom. The summed E-state index contributed by atoms with van der Waals surface area (Å²) in [6, 6.07) is 5.54. The van der Waals surface area contributed by atoms with Crippen LogP contribution in [0.4, 0.5) is 0 Å². The molecule has 1 aromatic rings. The van der Waals surface area contributed by atoms with E-state index < -0.39 is 0 Å². The number of hydrogen-bond donors (Lipinski definition) is 1. The van der Waals surface area contributed by atoms with E-state index in [1.807, 2.05) is 11.8 Å². The molecule has 1 aliphatic rings. The van der Waals surface area contributed by atoms with Crippen molar-refractivity contribution in [1.82, 2.24) is 4.90 Å². The highest BCUT2D eigenvalue weighted by Crippen LogP contribution is 2.25. The van der Waals surface area contributed by atoms with E-state index in [1.54, 1.807) is 18.2 Å². The molecular formula is C16H22BrNO2. The summed E-state index contributed by atoms with van der Waals surface area (Å²) in [6.07, 6.45) is 5.87. The molecule has 20 heavy (non-hydrogen) atoms. The van der Waals surface area contributed by atoms with E-state index in [0.29, 0.717) is 11.6 Å². The van der Waals surface area contributed by atoms with Crippen LogP contribution in [0.25, 0.3) is 0 Å². The number of carbonyl (C=O) groups is 1. The van der Waals surface area contributed by atoms with Crippen LogP contribution in [0.3, 0.4) is 0 Å². The van der Waals surface area contributed by atoms with Crippen LogP contribution in [-0.4, -0.2) is 33.8 Å². The number of benzene rings is 1. The number of amides is 1. The molecule has 1 aromatic carbocycles. The summed E-state index contributed by atoms with van der Waals surface area (Å²) in [5.41, 5.74) is 1.38. The summed E-state index contributed by atoms with van der Waals surface area (Å²) in [6.45, 7) is 2.55. The van der Waals surface area contributed by atoms with Crippen LogP contribution in [0.5, 0.6) is 5.75 Å². The van der Waals surface area contributed by atoms with Gasteiger partial charge >= 0.3 is 0 Å². The minimum atomic E-state index is 0.0339.